The lowest BCUT2D eigenvalue weighted by molar-refractivity contribution is -0.176. The number of nitrogens with one attached hydrogen (secondary N) is 3. The summed E-state index contributed by atoms with van der Waals surface area (Å²) in [4.78, 5) is 66.8. The first-order valence-electron chi connectivity index (χ1n) is 15.2. The van der Waals surface area contributed by atoms with Gasteiger partial charge in [-0.05, 0) is 41.9 Å². The molecule has 45 heavy (non-hydrogen) atoms. The standard InChI is InChI=1S/C30H43F3N6O6/c1-8-16-12-20(38(7)37-16)45-14-19(40)18(11-15-9-10-34-24(15)41)35-25(42)22-21-17(29(21,5)6)13-39(22)26(43)23(28(2,3)4)36-27(44)30(31,32)33/h12,15,17-18,21-23H,8-11,13-14H2,1-7H3,(H,34,41)(H,35,42)(H,36,44)/t15-,17-,18-,21-,22-,23+/m0/s1. The Hall–Kier alpha value is -3.65. The molecule has 0 aromatic carbocycles. The number of likely N-dealkylation sites (tertiary alicyclic amines) is 1. The zero-order chi connectivity index (χ0) is 33.6. The van der Waals surface area contributed by atoms with E-state index in [1.807, 2.05) is 26.1 Å². The Balaban J connectivity index is 1.57. The van der Waals surface area contributed by atoms with E-state index in [1.54, 1.807) is 13.1 Å². The summed E-state index contributed by atoms with van der Waals surface area (Å²) in [5.74, 6) is -5.04. The van der Waals surface area contributed by atoms with Crippen molar-refractivity contribution in [3.05, 3.63) is 11.8 Å². The summed E-state index contributed by atoms with van der Waals surface area (Å²) in [6.45, 7) is 10.5. The van der Waals surface area contributed by atoms with Crippen molar-refractivity contribution in [3.8, 4) is 5.88 Å². The summed E-state index contributed by atoms with van der Waals surface area (Å²) in [5.41, 5.74) is -0.688. The summed E-state index contributed by atoms with van der Waals surface area (Å²) >= 11 is 0. The first-order chi connectivity index (χ1) is 20.8. The molecule has 0 bridgehead atoms. The minimum atomic E-state index is -5.20. The van der Waals surface area contributed by atoms with Crippen molar-refractivity contribution < 1.29 is 41.9 Å². The predicted molar refractivity (Wildman–Crippen MR) is 154 cm³/mol. The van der Waals surface area contributed by atoms with Gasteiger partial charge in [0.05, 0.1) is 11.7 Å². The Labute approximate surface area is 260 Å². The van der Waals surface area contributed by atoms with Gasteiger partial charge in [-0.3, -0.25) is 24.0 Å². The molecule has 0 spiro atoms. The van der Waals surface area contributed by atoms with E-state index in [-0.39, 0.29) is 36.1 Å². The van der Waals surface area contributed by atoms with E-state index >= 15 is 0 Å². The number of Topliss-reactive ketones (excluding diaryl/α,β-unsaturated/α-hetero) is 1. The smallest absolute Gasteiger partial charge is 0.470 e. The van der Waals surface area contributed by atoms with Crippen molar-refractivity contribution in [1.82, 2.24) is 30.6 Å². The molecule has 0 radical (unpaired) electrons. The summed E-state index contributed by atoms with van der Waals surface area (Å²) < 4.78 is 46.7. The van der Waals surface area contributed by atoms with Gasteiger partial charge in [0, 0.05) is 32.1 Å². The predicted octanol–water partition coefficient (Wildman–Crippen LogP) is 1.52. The van der Waals surface area contributed by atoms with Crippen LogP contribution in [-0.2, 0) is 37.4 Å². The maximum absolute atomic E-state index is 14.0. The lowest BCUT2D eigenvalue weighted by Gasteiger charge is -2.38. The van der Waals surface area contributed by atoms with Gasteiger partial charge in [0.2, 0.25) is 23.6 Å². The van der Waals surface area contributed by atoms with Gasteiger partial charge in [-0.15, -0.1) is 0 Å². The third kappa shape index (κ3) is 7.11. The minimum absolute atomic E-state index is 0.00970. The fourth-order valence-electron chi connectivity index (χ4n) is 6.58. The Bertz CT molecular complexity index is 1350. The monoisotopic (exact) mass is 640 g/mol. The van der Waals surface area contributed by atoms with Gasteiger partial charge in [-0.2, -0.15) is 18.3 Å². The van der Waals surface area contributed by atoms with Gasteiger partial charge >= 0.3 is 12.1 Å². The third-order valence-electron chi connectivity index (χ3n) is 9.41. The molecule has 1 aliphatic carbocycles. The van der Waals surface area contributed by atoms with Gasteiger partial charge in [0.15, 0.2) is 12.4 Å². The second-order valence-electron chi connectivity index (χ2n) is 13.9. The Morgan fingerprint density at radius 2 is 1.84 bits per heavy atom. The number of ketones is 1. The maximum atomic E-state index is 14.0. The number of carbonyl (C=O) groups excluding carboxylic acids is 5. The number of aryl methyl sites for hydroxylation is 2. The summed E-state index contributed by atoms with van der Waals surface area (Å²) in [6, 6.07) is -2.09. The second-order valence-corrected chi connectivity index (χ2v) is 13.9. The van der Waals surface area contributed by atoms with Crippen LogP contribution in [0.4, 0.5) is 13.2 Å². The van der Waals surface area contributed by atoms with Crippen LogP contribution in [0.1, 0.15) is 60.1 Å². The van der Waals surface area contributed by atoms with Crippen LogP contribution in [0.3, 0.4) is 0 Å². The highest BCUT2D eigenvalue weighted by Gasteiger charge is 2.70. The van der Waals surface area contributed by atoms with Crippen LogP contribution in [-0.4, -0.2) is 88.1 Å². The van der Waals surface area contributed by atoms with Gasteiger partial charge in [-0.1, -0.05) is 41.5 Å². The quantitative estimate of drug-likeness (QED) is 0.332. The first-order valence-corrected chi connectivity index (χ1v) is 15.2. The maximum Gasteiger partial charge on any atom is 0.471 e. The van der Waals surface area contributed by atoms with Crippen LogP contribution in [0.25, 0.3) is 0 Å². The highest BCUT2D eigenvalue weighted by molar-refractivity contribution is 5.97. The number of fused-ring (bicyclic) bond motifs is 1. The minimum Gasteiger partial charge on any atom is -0.470 e. The normalized spacial score (nSPS) is 25.2. The molecule has 15 heteroatoms. The number of ether oxygens (including phenoxy) is 1. The van der Waals surface area contributed by atoms with Crippen LogP contribution in [0, 0.1) is 28.6 Å². The van der Waals surface area contributed by atoms with Crippen LogP contribution in [0.5, 0.6) is 5.88 Å². The van der Waals surface area contributed by atoms with E-state index in [0.29, 0.717) is 25.3 Å². The van der Waals surface area contributed by atoms with Crippen molar-refractivity contribution in [1.29, 1.82) is 0 Å². The van der Waals surface area contributed by atoms with Crippen LogP contribution >= 0.6 is 0 Å². The number of aromatic nitrogens is 2. The van der Waals surface area contributed by atoms with Crippen molar-refractivity contribution in [2.45, 2.75) is 85.1 Å². The SMILES string of the molecule is CCc1cc(OCC(=O)[C@H](C[C@@H]2CCNC2=O)NC(=O)[C@@H]2[C@@H]3[C@H](CN2C(=O)[C@@H](NC(=O)C(F)(F)F)C(C)(C)C)C3(C)C)n(C)n1. The van der Waals surface area contributed by atoms with E-state index in [1.165, 1.54) is 30.4 Å². The molecule has 12 nitrogen and oxygen atoms in total. The van der Waals surface area contributed by atoms with Crippen molar-refractivity contribution in [2.24, 2.45) is 35.6 Å². The van der Waals surface area contributed by atoms with E-state index in [0.717, 1.165) is 5.69 Å². The summed E-state index contributed by atoms with van der Waals surface area (Å²) in [7, 11) is 1.67. The Kier molecular flexibility index (Phi) is 9.33. The van der Waals surface area contributed by atoms with Gasteiger partial charge in [-0.25, -0.2) is 4.68 Å². The fraction of sp³-hybridized carbons (Fsp3) is 0.733. The largest absolute Gasteiger partial charge is 0.471 e. The molecule has 4 rings (SSSR count). The van der Waals surface area contributed by atoms with Gasteiger partial charge < -0.3 is 25.6 Å². The average molecular weight is 641 g/mol. The fourth-order valence-corrected chi connectivity index (χ4v) is 6.58. The van der Waals surface area contributed by atoms with E-state index < -0.39 is 65.7 Å². The van der Waals surface area contributed by atoms with Crippen LogP contribution in [0.2, 0.25) is 0 Å². The molecular formula is C30H43F3N6O6. The van der Waals surface area contributed by atoms with Crippen LogP contribution in [0.15, 0.2) is 6.07 Å². The Morgan fingerprint density at radius 1 is 1.18 bits per heavy atom. The zero-order valence-electron chi connectivity index (χ0n) is 26.7. The average Bonchev–Trinajstić information content (AvgIpc) is 3.41. The van der Waals surface area contributed by atoms with Gasteiger partial charge in [0.1, 0.15) is 12.1 Å². The zero-order valence-corrected chi connectivity index (χ0v) is 26.7. The molecule has 1 aromatic rings. The molecule has 250 valence electrons. The van der Waals surface area contributed by atoms with Crippen LogP contribution < -0.4 is 20.7 Å². The molecule has 3 heterocycles. The molecular weight excluding hydrogens is 597 g/mol. The molecule has 2 saturated heterocycles. The molecule has 1 saturated carbocycles. The van der Waals surface area contributed by atoms with Crippen molar-refractivity contribution in [2.75, 3.05) is 19.7 Å². The number of hydrogen-bond acceptors (Lipinski definition) is 7. The lowest BCUT2D eigenvalue weighted by Crippen LogP contribution is -2.61. The number of rotatable bonds is 11. The topological polar surface area (TPSA) is 152 Å². The molecule has 3 aliphatic rings. The second kappa shape index (κ2) is 12.3. The number of amides is 4. The molecule has 2 aliphatic heterocycles. The third-order valence-corrected chi connectivity index (χ3v) is 9.41. The highest BCUT2D eigenvalue weighted by atomic mass is 19.4. The number of alkyl halides is 3. The molecule has 3 fully saturated rings. The molecule has 3 N–H and O–H groups in total. The molecule has 6 atom stereocenters. The molecule has 1 aromatic heterocycles. The number of carbonyl (C=O) groups is 5. The number of piperidine rings is 1. The van der Waals surface area contributed by atoms with Crippen molar-refractivity contribution in [3.63, 3.8) is 0 Å². The summed E-state index contributed by atoms with van der Waals surface area (Å²) in [6.07, 6.45) is -4.06. The number of hydrogen-bond donors (Lipinski definition) is 3. The lowest BCUT2D eigenvalue weighted by atomic mass is 9.85. The number of halogens is 3. The molecule has 0 unspecified atom stereocenters. The molecule has 4 amide bonds. The van der Waals surface area contributed by atoms with Crippen molar-refractivity contribution >= 4 is 29.4 Å². The first kappa shape index (κ1) is 34.2. The number of nitrogens with zero attached hydrogens (tertiary/aromatic N) is 3. The highest BCUT2D eigenvalue weighted by Crippen LogP contribution is 2.65. The van der Waals surface area contributed by atoms with Gasteiger partial charge in [0.25, 0.3) is 0 Å². The Morgan fingerprint density at radius 3 is 2.38 bits per heavy atom. The van der Waals surface area contributed by atoms with E-state index in [9.17, 15) is 37.1 Å². The summed E-state index contributed by atoms with van der Waals surface area (Å²) in [5, 5.41) is 11.6. The van der Waals surface area contributed by atoms with E-state index in [2.05, 4.69) is 15.7 Å². The van der Waals surface area contributed by atoms with E-state index in [4.69, 9.17) is 4.74 Å².